The number of benzene rings is 1. The Bertz CT molecular complexity index is 780. The van der Waals surface area contributed by atoms with Gasteiger partial charge in [-0.2, -0.15) is 0 Å². The molecule has 3 rings (SSSR count). The number of carbonyl (C=O) groups is 1. The summed E-state index contributed by atoms with van der Waals surface area (Å²) in [5.41, 5.74) is 1.95. The summed E-state index contributed by atoms with van der Waals surface area (Å²) in [6, 6.07) is 12.5. The van der Waals surface area contributed by atoms with Crippen molar-refractivity contribution in [3.05, 3.63) is 53.8 Å². The van der Waals surface area contributed by atoms with Gasteiger partial charge in [-0.05, 0) is 24.3 Å². The molecule has 0 bridgehead atoms. The number of para-hydroxylation sites is 1. The zero-order valence-corrected chi connectivity index (χ0v) is 10.5. The van der Waals surface area contributed by atoms with E-state index in [1.54, 1.807) is 24.4 Å². The molecule has 4 nitrogen and oxygen atoms in total. The van der Waals surface area contributed by atoms with Crippen LogP contribution >= 0.6 is 11.6 Å². The molecule has 0 spiro atoms. The maximum atomic E-state index is 11.5. The van der Waals surface area contributed by atoms with Crippen molar-refractivity contribution in [3.63, 3.8) is 0 Å². The highest BCUT2D eigenvalue weighted by Gasteiger charge is 2.15. The molecule has 0 fully saturated rings. The van der Waals surface area contributed by atoms with Gasteiger partial charge in [0.15, 0.2) is 0 Å². The fourth-order valence-corrected chi connectivity index (χ4v) is 2.31. The van der Waals surface area contributed by atoms with Crippen LogP contribution < -0.4 is 0 Å². The maximum Gasteiger partial charge on any atom is 0.416 e. The molecule has 0 radical (unpaired) electrons. The predicted octanol–water partition coefficient (Wildman–Crippen LogP) is 3.88. The Morgan fingerprint density at radius 1 is 1.21 bits per heavy atom. The summed E-state index contributed by atoms with van der Waals surface area (Å²) in [6.45, 7) is 0. The minimum Gasteiger partial charge on any atom is -0.464 e. The van der Waals surface area contributed by atoms with Crippen molar-refractivity contribution in [2.24, 2.45) is 0 Å². The van der Waals surface area contributed by atoms with E-state index in [4.69, 9.17) is 11.6 Å². The number of rotatable bonds is 1. The van der Waals surface area contributed by atoms with Crippen molar-refractivity contribution in [3.8, 4) is 11.3 Å². The van der Waals surface area contributed by atoms with Gasteiger partial charge in [0.25, 0.3) is 0 Å². The number of nitrogens with zero attached hydrogens (tertiary/aromatic N) is 2. The molecule has 0 saturated heterocycles. The molecule has 5 heteroatoms. The molecule has 0 unspecified atom stereocenters. The number of carboxylic acid groups (broad SMARTS) is 1. The summed E-state index contributed by atoms with van der Waals surface area (Å²) in [5.74, 6) is 0. The van der Waals surface area contributed by atoms with Gasteiger partial charge < -0.3 is 5.11 Å². The molecule has 0 saturated carbocycles. The summed E-state index contributed by atoms with van der Waals surface area (Å²) in [6.07, 6.45) is 0.533. The van der Waals surface area contributed by atoms with Crippen molar-refractivity contribution in [2.45, 2.75) is 0 Å². The van der Waals surface area contributed by atoms with E-state index in [1.165, 1.54) is 4.57 Å². The Balaban J connectivity index is 2.34. The number of halogens is 1. The Labute approximate surface area is 113 Å². The van der Waals surface area contributed by atoms with Crippen LogP contribution in [0.2, 0.25) is 5.15 Å². The van der Waals surface area contributed by atoms with E-state index in [2.05, 4.69) is 4.98 Å². The van der Waals surface area contributed by atoms with Crippen molar-refractivity contribution in [1.29, 1.82) is 0 Å². The van der Waals surface area contributed by atoms with E-state index in [9.17, 15) is 9.90 Å². The van der Waals surface area contributed by atoms with E-state index in [1.807, 2.05) is 24.3 Å². The average Bonchev–Trinajstić information content (AvgIpc) is 2.78. The number of pyridine rings is 1. The van der Waals surface area contributed by atoms with Crippen LogP contribution in [0.5, 0.6) is 0 Å². The van der Waals surface area contributed by atoms with Gasteiger partial charge in [-0.1, -0.05) is 29.8 Å². The largest absolute Gasteiger partial charge is 0.464 e. The van der Waals surface area contributed by atoms with Crippen LogP contribution in [0.4, 0.5) is 4.79 Å². The van der Waals surface area contributed by atoms with Crippen LogP contribution in [0.15, 0.2) is 48.7 Å². The van der Waals surface area contributed by atoms with Gasteiger partial charge in [-0.3, -0.25) is 0 Å². The maximum absolute atomic E-state index is 11.5. The van der Waals surface area contributed by atoms with Crippen molar-refractivity contribution in [1.82, 2.24) is 9.55 Å². The Morgan fingerprint density at radius 3 is 2.74 bits per heavy atom. The van der Waals surface area contributed by atoms with Gasteiger partial charge >= 0.3 is 6.09 Å². The Hall–Kier alpha value is -2.33. The fourth-order valence-electron chi connectivity index (χ4n) is 2.14. The number of fused-ring (bicyclic) bond motifs is 1. The third-order valence-corrected chi connectivity index (χ3v) is 3.13. The molecule has 2 aromatic heterocycles. The average molecular weight is 273 g/mol. The first-order valence-corrected chi connectivity index (χ1v) is 6.00. The van der Waals surface area contributed by atoms with E-state index in [0.29, 0.717) is 16.4 Å². The van der Waals surface area contributed by atoms with Crippen molar-refractivity contribution < 1.29 is 9.90 Å². The van der Waals surface area contributed by atoms with Gasteiger partial charge in [-0.25, -0.2) is 14.3 Å². The zero-order valence-electron chi connectivity index (χ0n) is 9.75. The molecular weight excluding hydrogens is 264 g/mol. The first-order valence-electron chi connectivity index (χ1n) is 5.62. The molecule has 94 valence electrons. The number of aromatic nitrogens is 2. The van der Waals surface area contributed by atoms with Crippen LogP contribution in [0, 0.1) is 0 Å². The molecular formula is C14H9ClN2O2. The zero-order chi connectivity index (χ0) is 13.4. The van der Waals surface area contributed by atoms with Crippen molar-refractivity contribution in [2.75, 3.05) is 0 Å². The molecule has 3 aromatic rings. The summed E-state index contributed by atoms with van der Waals surface area (Å²) in [7, 11) is 0. The molecule has 2 heterocycles. The lowest BCUT2D eigenvalue weighted by Gasteiger charge is -2.05. The second-order valence-electron chi connectivity index (χ2n) is 4.07. The van der Waals surface area contributed by atoms with Crippen LogP contribution in [0.25, 0.3) is 22.2 Å². The molecule has 0 amide bonds. The first-order chi connectivity index (χ1) is 9.16. The summed E-state index contributed by atoms with van der Waals surface area (Å²) < 4.78 is 1.25. The van der Waals surface area contributed by atoms with Gasteiger partial charge in [0, 0.05) is 17.1 Å². The minimum absolute atomic E-state index is 0.333. The quantitative estimate of drug-likeness (QED) is 0.684. The van der Waals surface area contributed by atoms with E-state index < -0.39 is 6.09 Å². The SMILES string of the molecule is O=C(O)n1c(-c2ccnc(Cl)c2)cc2ccccc21. The van der Waals surface area contributed by atoms with Crippen LogP contribution in [0.3, 0.4) is 0 Å². The third-order valence-electron chi connectivity index (χ3n) is 2.92. The number of hydrogen-bond acceptors (Lipinski definition) is 2. The molecule has 19 heavy (non-hydrogen) atoms. The van der Waals surface area contributed by atoms with E-state index in [0.717, 1.165) is 10.9 Å². The van der Waals surface area contributed by atoms with Gasteiger partial charge in [0.2, 0.25) is 0 Å². The lowest BCUT2D eigenvalue weighted by molar-refractivity contribution is 0.198. The lowest BCUT2D eigenvalue weighted by atomic mass is 10.2. The molecule has 0 aliphatic heterocycles. The molecule has 0 aliphatic rings. The normalized spacial score (nSPS) is 10.8. The summed E-state index contributed by atoms with van der Waals surface area (Å²) in [5, 5.41) is 10.6. The smallest absolute Gasteiger partial charge is 0.416 e. The van der Waals surface area contributed by atoms with Crippen LogP contribution in [0.1, 0.15) is 0 Å². The predicted molar refractivity (Wildman–Crippen MR) is 73.6 cm³/mol. The number of hydrogen-bond donors (Lipinski definition) is 1. The fraction of sp³-hybridized carbons (Fsp3) is 0. The highest BCUT2D eigenvalue weighted by atomic mass is 35.5. The Morgan fingerprint density at radius 2 is 2.00 bits per heavy atom. The third kappa shape index (κ3) is 1.96. The molecule has 0 aliphatic carbocycles. The summed E-state index contributed by atoms with van der Waals surface area (Å²) >= 11 is 5.86. The molecule has 1 aromatic carbocycles. The monoisotopic (exact) mass is 272 g/mol. The van der Waals surface area contributed by atoms with Crippen LogP contribution in [-0.4, -0.2) is 20.8 Å². The highest BCUT2D eigenvalue weighted by Crippen LogP contribution is 2.28. The van der Waals surface area contributed by atoms with E-state index >= 15 is 0 Å². The lowest BCUT2D eigenvalue weighted by Crippen LogP contribution is -2.08. The topological polar surface area (TPSA) is 55.1 Å². The van der Waals surface area contributed by atoms with Gasteiger partial charge in [0.05, 0.1) is 11.2 Å². The first kappa shape index (κ1) is 11.7. The van der Waals surface area contributed by atoms with E-state index in [-0.39, 0.29) is 0 Å². The second kappa shape index (κ2) is 4.40. The molecule has 0 atom stereocenters. The van der Waals surface area contributed by atoms with Crippen LogP contribution in [-0.2, 0) is 0 Å². The van der Waals surface area contributed by atoms with Gasteiger partial charge in [0.1, 0.15) is 5.15 Å². The minimum atomic E-state index is -1.02. The Kier molecular flexibility index (Phi) is 2.72. The van der Waals surface area contributed by atoms with Crippen molar-refractivity contribution >= 4 is 28.6 Å². The van der Waals surface area contributed by atoms with Gasteiger partial charge in [-0.15, -0.1) is 0 Å². The second-order valence-corrected chi connectivity index (χ2v) is 4.46. The highest BCUT2D eigenvalue weighted by molar-refractivity contribution is 6.29. The summed E-state index contributed by atoms with van der Waals surface area (Å²) in [4.78, 5) is 15.4. The molecule has 1 N–H and O–H groups in total. The standard InChI is InChI=1S/C14H9ClN2O2/c15-13-8-10(5-6-16-13)12-7-9-3-1-2-4-11(9)17(12)14(18)19/h1-8H,(H,18,19).